The summed E-state index contributed by atoms with van der Waals surface area (Å²) in [6.45, 7) is 9.26. The molecule has 0 atom stereocenters. The maximum Gasteiger partial charge on any atom is 0.433 e. The lowest BCUT2D eigenvalue weighted by Gasteiger charge is -2.28. The van der Waals surface area contributed by atoms with E-state index < -0.39 is 11.9 Å². The van der Waals surface area contributed by atoms with Gasteiger partial charge in [0.1, 0.15) is 10.7 Å². The molecule has 1 aromatic carbocycles. The van der Waals surface area contributed by atoms with Gasteiger partial charge in [-0.2, -0.15) is 13.2 Å². The van der Waals surface area contributed by atoms with Gasteiger partial charge in [0, 0.05) is 30.2 Å². The summed E-state index contributed by atoms with van der Waals surface area (Å²) in [6.07, 6.45) is 2.77. The monoisotopic (exact) mass is 620 g/mol. The fourth-order valence-corrected chi connectivity index (χ4v) is 6.44. The fraction of sp³-hybridized carbons (Fsp3) is 0.353. The number of likely N-dealkylation sites (tertiary alicyclic amines) is 1. The Morgan fingerprint density at radius 1 is 1.02 bits per heavy atom. The van der Waals surface area contributed by atoms with Gasteiger partial charge in [-0.05, 0) is 81.4 Å². The molecule has 1 amide bonds. The number of aromatic nitrogens is 3. The molecule has 0 aliphatic carbocycles. The van der Waals surface area contributed by atoms with Crippen molar-refractivity contribution in [3.05, 3.63) is 92.0 Å². The molecule has 1 saturated heterocycles. The number of hydrogen-bond donors (Lipinski definition) is 0. The Balaban J connectivity index is 1.77. The zero-order valence-corrected chi connectivity index (χ0v) is 26.1. The lowest BCUT2D eigenvalue weighted by atomic mass is 9.99. The van der Waals surface area contributed by atoms with E-state index in [2.05, 4.69) is 9.97 Å². The van der Waals surface area contributed by atoms with Crippen LogP contribution >= 0.6 is 11.3 Å². The minimum Gasteiger partial charge on any atom is -0.339 e. The lowest BCUT2D eigenvalue weighted by molar-refractivity contribution is -0.141. The van der Waals surface area contributed by atoms with Gasteiger partial charge in [-0.1, -0.05) is 37.6 Å². The van der Waals surface area contributed by atoms with Crippen LogP contribution in [0.15, 0.2) is 58.3 Å². The van der Waals surface area contributed by atoms with Gasteiger partial charge in [-0.3, -0.25) is 19.1 Å². The van der Waals surface area contributed by atoms with Crippen LogP contribution in [0.4, 0.5) is 13.2 Å². The first kappa shape index (κ1) is 31.4. The summed E-state index contributed by atoms with van der Waals surface area (Å²) in [5, 5.41) is 2.07. The van der Waals surface area contributed by atoms with Crippen molar-refractivity contribution in [3.8, 4) is 27.5 Å². The van der Waals surface area contributed by atoms with Crippen LogP contribution in [0.2, 0.25) is 0 Å². The van der Waals surface area contributed by atoms with Gasteiger partial charge in [0.15, 0.2) is 0 Å². The number of allylic oxidation sites excluding steroid dienone is 1. The summed E-state index contributed by atoms with van der Waals surface area (Å²) in [4.78, 5) is 38.9. The molecule has 0 saturated carbocycles. The molecule has 0 spiro atoms. The third kappa shape index (κ3) is 6.26. The number of nitrogens with zero attached hydrogens (tertiary/aromatic N) is 4. The third-order valence-electron chi connectivity index (χ3n) is 7.81. The Kier molecular flexibility index (Phi) is 9.20. The van der Waals surface area contributed by atoms with E-state index in [0.717, 1.165) is 53.9 Å². The number of para-hydroxylation sites is 1. The Bertz CT molecular complexity index is 1740. The van der Waals surface area contributed by atoms with E-state index in [1.807, 2.05) is 56.9 Å². The normalized spacial score (nSPS) is 13.7. The largest absolute Gasteiger partial charge is 0.433 e. The number of thiazole rings is 1. The summed E-state index contributed by atoms with van der Waals surface area (Å²) in [6, 6.07) is 9.89. The first-order valence-corrected chi connectivity index (χ1v) is 15.8. The number of alkyl halides is 3. The highest BCUT2D eigenvalue weighted by molar-refractivity contribution is 7.13. The van der Waals surface area contributed by atoms with Crippen LogP contribution in [0.1, 0.15) is 79.8 Å². The minimum atomic E-state index is -4.55. The molecule has 0 N–H and O–H groups in total. The van der Waals surface area contributed by atoms with Crippen molar-refractivity contribution in [2.24, 2.45) is 0 Å². The second-order valence-corrected chi connectivity index (χ2v) is 12.0. The topological polar surface area (TPSA) is 68.1 Å². The molecule has 3 aromatic heterocycles. The number of carbonyl (C=O) groups excluding carboxylic acids is 1. The molecule has 0 unspecified atom stereocenters. The molecule has 44 heavy (non-hydrogen) atoms. The van der Waals surface area contributed by atoms with Crippen molar-refractivity contribution in [3.63, 3.8) is 0 Å². The zero-order chi connectivity index (χ0) is 31.6. The highest BCUT2D eigenvalue weighted by atomic mass is 32.1. The number of hydrogen-bond acceptors (Lipinski definition) is 5. The molecule has 10 heteroatoms. The van der Waals surface area contributed by atoms with Crippen molar-refractivity contribution in [1.29, 1.82) is 0 Å². The number of pyridine rings is 2. The van der Waals surface area contributed by atoms with Crippen LogP contribution in [0, 0.1) is 0 Å². The van der Waals surface area contributed by atoms with Crippen molar-refractivity contribution < 1.29 is 18.0 Å². The second-order valence-electron chi connectivity index (χ2n) is 11.2. The number of halogens is 3. The van der Waals surface area contributed by atoms with Crippen molar-refractivity contribution in [2.45, 2.75) is 66.0 Å². The molecule has 0 radical (unpaired) electrons. The molecule has 5 rings (SSSR count). The predicted molar refractivity (Wildman–Crippen MR) is 169 cm³/mol. The van der Waals surface area contributed by atoms with E-state index in [0.29, 0.717) is 53.5 Å². The smallest absolute Gasteiger partial charge is 0.339 e. The second kappa shape index (κ2) is 12.9. The fourth-order valence-electron chi connectivity index (χ4n) is 5.61. The molecule has 1 fully saturated rings. The quantitative estimate of drug-likeness (QED) is 0.209. The summed E-state index contributed by atoms with van der Waals surface area (Å²) < 4.78 is 40.9. The summed E-state index contributed by atoms with van der Waals surface area (Å²) in [7, 11) is 0. The van der Waals surface area contributed by atoms with Crippen LogP contribution < -0.4 is 5.56 Å². The molecule has 1 aliphatic rings. The number of piperidine rings is 1. The Hall–Kier alpha value is -4.05. The number of rotatable bonds is 7. The average Bonchev–Trinajstić information content (AvgIpc) is 3.51. The summed E-state index contributed by atoms with van der Waals surface area (Å²) in [5.74, 6) is -0.136. The van der Waals surface area contributed by atoms with Crippen LogP contribution in [0.3, 0.4) is 0 Å². The molecule has 6 nitrogen and oxygen atoms in total. The van der Waals surface area contributed by atoms with E-state index >= 15 is 0 Å². The summed E-state index contributed by atoms with van der Waals surface area (Å²) >= 11 is 1.21. The Morgan fingerprint density at radius 3 is 2.27 bits per heavy atom. The zero-order valence-electron chi connectivity index (χ0n) is 25.3. The molecular weight excluding hydrogens is 585 g/mol. The number of benzene rings is 1. The van der Waals surface area contributed by atoms with Gasteiger partial charge in [-0.25, -0.2) is 4.98 Å². The average molecular weight is 621 g/mol. The molecule has 0 bridgehead atoms. The first-order valence-electron chi connectivity index (χ1n) is 14.9. The van der Waals surface area contributed by atoms with E-state index in [9.17, 15) is 22.8 Å². The Morgan fingerprint density at radius 2 is 1.70 bits per heavy atom. The highest BCUT2D eigenvalue weighted by Gasteiger charge is 2.32. The van der Waals surface area contributed by atoms with E-state index in [4.69, 9.17) is 0 Å². The molecule has 1 aliphatic heterocycles. The lowest BCUT2D eigenvalue weighted by Crippen LogP contribution is -2.37. The molecule has 230 valence electrons. The van der Waals surface area contributed by atoms with Crippen molar-refractivity contribution in [2.75, 3.05) is 13.1 Å². The number of carbonyl (C=O) groups is 1. The summed E-state index contributed by atoms with van der Waals surface area (Å²) in [5.41, 5.74) is 4.40. The molecule has 4 heterocycles. The van der Waals surface area contributed by atoms with Crippen LogP contribution in [-0.2, 0) is 19.0 Å². The first-order chi connectivity index (χ1) is 21.0. The maximum absolute atomic E-state index is 14.6. The van der Waals surface area contributed by atoms with Crippen molar-refractivity contribution >= 4 is 23.3 Å². The SMILES string of the molecule is CCc1cccc(CC)c1-n1c(C=C(C)C)c(C(=O)N2CCCCC2)cc(-c2nc(-c3ccc(C(F)(F)F)nc3)cs2)c1=O. The maximum atomic E-state index is 14.6. The van der Waals surface area contributed by atoms with E-state index in [-0.39, 0.29) is 17.0 Å². The van der Waals surface area contributed by atoms with Gasteiger partial charge in [0.2, 0.25) is 0 Å². The minimum absolute atomic E-state index is 0.136. The van der Waals surface area contributed by atoms with E-state index in [1.165, 1.54) is 17.4 Å². The van der Waals surface area contributed by atoms with Gasteiger partial charge in [0.05, 0.1) is 28.2 Å². The highest BCUT2D eigenvalue weighted by Crippen LogP contribution is 2.33. The predicted octanol–water partition coefficient (Wildman–Crippen LogP) is 8.22. The van der Waals surface area contributed by atoms with Gasteiger partial charge < -0.3 is 4.90 Å². The third-order valence-corrected chi connectivity index (χ3v) is 8.69. The van der Waals surface area contributed by atoms with Gasteiger partial charge in [-0.15, -0.1) is 11.3 Å². The van der Waals surface area contributed by atoms with E-state index in [1.54, 1.807) is 16.0 Å². The number of amides is 1. The molecular formula is C34H35F3N4O2S. The van der Waals surface area contributed by atoms with Crippen LogP contribution in [-0.4, -0.2) is 38.4 Å². The van der Waals surface area contributed by atoms with Gasteiger partial charge in [0.25, 0.3) is 11.5 Å². The number of aryl methyl sites for hydroxylation is 2. The Labute approximate surface area is 258 Å². The van der Waals surface area contributed by atoms with Crippen LogP contribution in [0.25, 0.3) is 33.6 Å². The molecule has 4 aromatic rings. The van der Waals surface area contributed by atoms with Gasteiger partial charge >= 0.3 is 6.18 Å². The standard InChI is InChI=1S/C34H35F3N4O2S/c1-5-22-11-10-12-23(6-2)30(22)41-28(17-21(3)4)25(32(42)40-15-8-7-9-16-40)18-26(33(41)43)31-39-27(20-44-31)24-13-14-29(38-19-24)34(35,36)37/h10-14,17-20H,5-9,15-16H2,1-4H3. The van der Waals surface area contributed by atoms with Crippen LogP contribution in [0.5, 0.6) is 0 Å². The van der Waals surface area contributed by atoms with Crippen molar-refractivity contribution in [1.82, 2.24) is 19.4 Å².